The van der Waals surface area contributed by atoms with Gasteiger partial charge in [-0.25, -0.2) is 0 Å². The van der Waals surface area contributed by atoms with Crippen LogP contribution < -0.4 is 0 Å². The summed E-state index contributed by atoms with van der Waals surface area (Å²) in [5.41, 5.74) is 0. The van der Waals surface area contributed by atoms with Gasteiger partial charge in [-0.2, -0.15) is 0 Å². The van der Waals surface area contributed by atoms with E-state index in [1.54, 1.807) is 0 Å². The summed E-state index contributed by atoms with van der Waals surface area (Å²) in [6.07, 6.45) is 49.7. The number of allylic oxidation sites excluding steroid dienone is 2. The maximum absolute atomic E-state index is 12.7. The third-order valence-electron chi connectivity index (χ3n) is 9.99. The molecule has 1 atom stereocenters. The van der Waals surface area contributed by atoms with E-state index in [1.807, 2.05) is 0 Å². The van der Waals surface area contributed by atoms with Gasteiger partial charge in [-0.1, -0.05) is 187 Å². The van der Waals surface area contributed by atoms with Crippen LogP contribution in [0.1, 0.15) is 251 Å². The zero-order chi connectivity index (χ0) is 35.0. The Morgan fingerprint density at radius 3 is 1.12 bits per heavy atom. The van der Waals surface area contributed by atoms with E-state index in [0.717, 1.165) is 51.4 Å². The normalized spacial score (nSPS) is 12.2. The first-order valence-electron chi connectivity index (χ1n) is 21.7. The molecular weight excluding hydrogens is 592 g/mol. The number of hydrogen-bond donors (Lipinski definition) is 1. The number of carbonyl (C=O) groups excluding carboxylic acids is 1. The Morgan fingerprint density at radius 1 is 0.438 bits per heavy atom. The largest absolute Gasteiger partial charge is 0.481 e. The van der Waals surface area contributed by atoms with E-state index in [1.165, 1.54) is 173 Å². The van der Waals surface area contributed by atoms with Crippen LogP contribution in [0.25, 0.3) is 0 Å². The van der Waals surface area contributed by atoms with Crippen molar-refractivity contribution in [1.29, 1.82) is 0 Å². The molecule has 0 aliphatic rings. The second kappa shape index (κ2) is 40.1. The first-order valence-corrected chi connectivity index (χ1v) is 21.7. The molecule has 0 spiro atoms. The van der Waals surface area contributed by atoms with Gasteiger partial charge in [0.2, 0.25) is 0 Å². The lowest BCUT2D eigenvalue weighted by molar-refractivity contribution is -0.150. The van der Waals surface area contributed by atoms with Crippen LogP contribution in [0.5, 0.6) is 0 Å². The Kier molecular flexibility index (Phi) is 39.0. The molecule has 0 aromatic rings. The molecule has 0 aromatic carbocycles. The number of aliphatic carboxylic acids is 1. The Morgan fingerprint density at radius 2 is 0.750 bits per heavy atom. The van der Waals surface area contributed by atoms with Crippen molar-refractivity contribution in [1.82, 2.24) is 0 Å². The first-order chi connectivity index (χ1) is 23.6. The molecule has 48 heavy (non-hydrogen) atoms. The highest BCUT2D eigenvalue weighted by Crippen LogP contribution is 2.19. The van der Waals surface area contributed by atoms with Gasteiger partial charge in [-0.15, -0.1) is 0 Å². The van der Waals surface area contributed by atoms with Crippen LogP contribution in [0.15, 0.2) is 12.2 Å². The highest BCUT2D eigenvalue weighted by molar-refractivity contribution is 5.69. The number of carbonyl (C=O) groups is 2. The smallest absolute Gasteiger partial charge is 0.306 e. The zero-order valence-electron chi connectivity index (χ0n) is 32.6. The molecule has 0 heterocycles. The highest BCUT2D eigenvalue weighted by atomic mass is 16.5. The maximum atomic E-state index is 12.7. The molecule has 0 aliphatic carbocycles. The zero-order valence-corrected chi connectivity index (χ0v) is 32.6. The molecule has 0 rings (SSSR count). The highest BCUT2D eigenvalue weighted by Gasteiger charge is 2.14. The van der Waals surface area contributed by atoms with E-state index >= 15 is 0 Å². The summed E-state index contributed by atoms with van der Waals surface area (Å²) in [7, 11) is 0. The molecule has 0 saturated carbocycles. The van der Waals surface area contributed by atoms with E-state index in [9.17, 15) is 9.59 Å². The molecule has 0 aromatic heterocycles. The third-order valence-corrected chi connectivity index (χ3v) is 9.99. The molecule has 0 amide bonds. The van der Waals surface area contributed by atoms with Gasteiger partial charge in [-0.05, 0) is 64.2 Å². The molecular formula is C44H84O4. The average Bonchev–Trinajstić information content (AvgIpc) is 3.07. The summed E-state index contributed by atoms with van der Waals surface area (Å²) in [6.45, 7) is 4.55. The van der Waals surface area contributed by atoms with Crippen LogP contribution in [0, 0.1) is 0 Å². The average molecular weight is 677 g/mol. The number of rotatable bonds is 40. The van der Waals surface area contributed by atoms with Crippen LogP contribution >= 0.6 is 0 Å². The lowest BCUT2D eigenvalue weighted by Gasteiger charge is -2.18. The van der Waals surface area contributed by atoms with Gasteiger partial charge in [0.15, 0.2) is 0 Å². The summed E-state index contributed by atoms with van der Waals surface area (Å²) in [5, 5.41) is 8.73. The number of carboxylic acids is 1. The molecule has 0 bridgehead atoms. The minimum absolute atomic E-state index is 0.0341. The maximum Gasteiger partial charge on any atom is 0.306 e. The first kappa shape index (κ1) is 46.7. The molecule has 4 nitrogen and oxygen atoms in total. The Hall–Kier alpha value is -1.32. The lowest BCUT2D eigenvalue weighted by Crippen LogP contribution is -2.18. The van der Waals surface area contributed by atoms with Crippen molar-refractivity contribution < 1.29 is 19.4 Å². The van der Waals surface area contributed by atoms with E-state index in [2.05, 4.69) is 26.0 Å². The second-order valence-corrected chi connectivity index (χ2v) is 14.9. The van der Waals surface area contributed by atoms with Gasteiger partial charge >= 0.3 is 11.9 Å². The van der Waals surface area contributed by atoms with E-state index in [4.69, 9.17) is 9.84 Å². The summed E-state index contributed by atoms with van der Waals surface area (Å²) >= 11 is 0. The monoisotopic (exact) mass is 677 g/mol. The summed E-state index contributed by atoms with van der Waals surface area (Å²) in [6, 6.07) is 0. The van der Waals surface area contributed by atoms with E-state index < -0.39 is 5.97 Å². The summed E-state index contributed by atoms with van der Waals surface area (Å²) in [4.78, 5) is 23.3. The molecule has 1 N–H and O–H groups in total. The minimum atomic E-state index is -0.676. The Labute approximate surface area is 300 Å². The van der Waals surface area contributed by atoms with Crippen molar-refractivity contribution in [2.24, 2.45) is 0 Å². The summed E-state index contributed by atoms with van der Waals surface area (Å²) in [5.74, 6) is -0.642. The molecule has 0 saturated heterocycles. The van der Waals surface area contributed by atoms with Crippen molar-refractivity contribution in [3.8, 4) is 0 Å². The Balaban J connectivity index is 3.89. The lowest BCUT2D eigenvalue weighted by atomic mass is 10.0. The second-order valence-electron chi connectivity index (χ2n) is 14.9. The number of carboxylic acid groups (broad SMARTS) is 1. The fraction of sp³-hybridized carbons (Fsp3) is 0.909. The standard InChI is InChI=1S/C44H84O4/c1-3-5-7-9-11-12-13-14-15-16-17-18-19-20-21-25-29-33-37-41-44(47)48-42(38-34-30-26-10-8-6-4-2)39-35-31-27-23-22-24-28-32-36-40-43(45)46/h14-15,42H,3-13,16-41H2,1-2H3,(H,45,46)/b15-14-. The predicted octanol–water partition coefficient (Wildman–Crippen LogP) is 15.0. The van der Waals surface area contributed by atoms with Crippen LogP contribution in [0.2, 0.25) is 0 Å². The van der Waals surface area contributed by atoms with Gasteiger partial charge in [0, 0.05) is 12.8 Å². The number of unbranched alkanes of at least 4 members (excludes halogenated alkanes) is 29. The van der Waals surface area contributed by atoms with Gasteiger partial charge < -0.3 is 9.84 Å². The fourth-order valence-corrected chi connectivity index (χ4v) is 6.77. The van der Waals surface area contributed by atoms with Crippen molar-refractivity contribution in [2.45, 2.75) is 258 Å². The SMILES string of the molecule is CCCCCCCC/C=C\CCCCCCCCCCCC(=O)OC(CCCCCCCCC)CCCCCCCCCCCC(=O)O. The quantitative estimate of drug-likeness (QED) is 0.0398. The van der Waals surface area contributed by atoms with Crippen molar-refractivity contribution in [2.75, 3.05) is 0 Å². The number of hydrogen-bond acceptors (Lipinski definition) is 3. The molecule has 0 radical (unpaired) electrons. The van der Waals surface area contributed by atoms with Crippen molar-refractivity contribution in [3.05, 3.63) is 12.2 Å². The molecule has 284 valence electrons. The van der Waals surface area contributed by atoms with Gasteiger partial charge in [0.1, 0.15) is 6.10 Å². The predicted molar refractivity (Wildman–Crippen MR) is 209 cm³/mol. The fourth-order valence-electron chi connectivity index (χ4n) is 6.77. The molecule has 0 fully saturated rings. The molecule has 0 aliphatic heterocycles. The Bertz CT molecular complexity index is 687. The third kappa shape index (κ3) is 39.1. The minimum Gasteiger partial charge on any atom is -0.481 e. The van der Waals surface area contributed by atoms with E-state index in [-0.39, 0.29) is 12.1 Å². The topological polar surface area (TPSA) is 63.6 Å². The molecule has 1 unspecified atom stereocenters. The van der Waals surface area contributed by atoms with Crippen LogP contribution in [0.3, 0.4) is 0 Å². The van der Waals surface area contributed by atoms with Crippen molar-refractivity contribution in [3.63, 3.8) is 0 Å². The van der Waals surface area contributed by atoms with Gasteiger partial charge in [-0.3, -0.25) is 9.59 Å². The van der Waals surface area contributed by atoms with Crippen LogP contribution in [0.4, 0.5) is 0 Å². The van der Waals surface area contributed by atoms with E-state index in [0.29, 0.717) is 12.8 Å². The summed E-state index contributed by atoms with van der Waals surface area (Å²) < 4.78 is 6.05. The van der Waals surface area contributed by atoms with Gasteiger partial charge in [0.05, 0.1) is 0 Å². The number of ether oxygens (including phenoxy) is 1. The van der Waals surface area contributed by atoms with Crippen LogP contribution in [-0.2, 0) is 14.3 Å². The van der Waals surface area contributed by atoms with Crippen LogP contribution in [-0.4, -0.2) is 23.1 Å². The van der Waals surface area contributed by atoms with Crippen molar-refractivity contribution >= 4 is 11.9 Å². The number of esters is 1. The molecule has 4 heteroatoms. The van der Waals surface area contributed by atoms with Gasteiger partial charge in [0.25, 0.3) is 0 Å².